The van der Waals surface area contributed by atoms with Crippen LogP contribution in [0, 0.1) is 0 Å². The molecule has 0 atom stereocenters. The molecule has 0 aliphatic carbocycles. The van der Waals surface area contributed by atoms with Crippen molar-refractivity contribution in [2.75, 3.05) is 0 Å². The van der Waals surface area contributed by atoms with E-state index in [0.29, 0.717) is 31.1 Å². The van der Waals surface area contributed by atoms with Crippen LogP contribution >= 0.6 is 0 Å². The Hall–Kier alpha value is -2.54. The van der Waals surface area contributed by atoms with Crippen LogP contribution in [-0.2, 0) is 36.2 Å². The van der Waals surface area contributed by atoms with Gasteiger partial charge >= 0.3 is 0 Å². The van der Waals surface area contributed by atoms with Gasteiger partial charge in [-0.15, -0.1) is 0 Å². The van der Waals surface area contributed by atoms with E-state index in [0.717, 1.165) is 22.3 Å². The molecule has 138 valence electrons. The third-order valence-electron chi connectivity index (χ3n) is 4.73. The monoisotopic (exact) mass is 379 g/mol. The lowest BCUT2D eigenvalue weighted by Crippen LogP contribution is -2.25. The topological polar surface area (TPSA) is 62.3 Å². The maximum Gasteiger partial charge on any atom is 0.243 e. The minimum atomic E-state index is -3.51. The van der Waals surface area contributed by atoms with E-state index in [1.165, 1.54) is 0 Å². The molecule has 5 nitrogen and oxygen atoms in total. The van der Waals surface area contributed by atoms with Crippen molar-refractivity contribution in [3.63, 3.8) is 0 Å². The fraction of sp³-hybridized carbons (Fsp3) is 0.190. The molecule has 6 heteroatoms. The molecule has 0 unspecified atom stereocenters. The van der Waals surface area contributed by atoms with Crippen molar-refractivity contribution in [1.82, 2.24) is 14.6 Å². The highest BCUT2D eigenvalue weighted by Crippen LogP contribution is 2.28. The number of aromatic nitrogens is 1. The quantitative estimate of drug-likeness (QED) is 0.715. The zero-order chi connectivity index (χ0) is 18.7. The predicted molar refractivity (Wildman–Crippen MR) is 104 cm³/mol. The van der Waals surface area contributed by atoms with Crippen molar-refractivity contribution in [3.05, 3.63) is 95.3 Å². The van der Waals surface area contributed by atoms with Crippen LogP contribution in [0.4, 0.5) is 0 Å². The van der Waals surface area contributed by atoms with Gasteiger partial charge in [0.05, 0.1) is 4.90 Å². The molecule has 2 heterocycles. The Morgan fingerprint density at radius 1 is 0.889 bits per heavy atom. The molecule has 1 aromatic heterocycles. The zero-order valence-corrected chi connectivity index (χ0v) is 15.7. The van der Waals surface area contributed by atoms with Crippen LogP contribution in [0.2, 0.25) is 0 Å². The van der Waals surface area contributed by atoms with Crippen LogP contribution in [0.15, 0.2) is 78.0 Å². The molecule has 1 aliphatic heterocycles. The molecule has 0 spiro atoms. The van der Waals surface area contributed by atoms with Crippen LogP contribution < -0.4 is 5.32 Å². The number of hydrogen-bond acceptors (Lipinski definition) is 4. The van der Waals surface area contributed by atoms with E-state index in [4.69, 9.17) is 0 Å². The van der Waals surface area contributed by atoms with E-state index in [-0.39, 0.29) is 0 Å². The minimum absolute atomic E-state index is 0.344. The first-order valence-corrected chi connectivity index (χ1v) is 10.3. The standard InChI is InChI=1S/C21H21N3O2S/c25-27(26,24-15-19-7-1-2-8-20(19)16-24)21-9-3-5-17(11-21)12-23-14-18-6-4-10-22-13-18/h1-11,13,23H,12,14-16H2. The first-order valence-electron chi connectivity index (χ1n) is 8.88. The van der Waals surface area contributed by atoms with E-state index < -0.39 is 10.0 Å². The SMILES string of the molecule is O=S(=O)(c1cccc(CNCc2cccnc2)c1)N1Cc2ccccc2C1. The Kier molecular flexibility index (Phi) is 5.03. The summed E-state index contributed by atoms with van der Waals surface area (Å²) in [5.74, 6) is 0. The first-order chi connectivity index (χ1) is 13.1. The van der Waals surface area contributed by atoms with Crippen LogP contribution in [0.1, 0.15) is 22.3 Å². The molecular formula is C21H21N3O2S. The van der Waals surface area contributed by atoms with Gasteiger partial charge in [-0.1, -0.05) is 42.5 Å². The van der Waals surface area contributed by atoms with Gasteiger partial charge in [-0.2, -0.15) is 4.31 Å². The van der Waals surface area contributed by atoms with Crippen molar-refractivity contribution in [2.45, 2.75) is 31.1 Å². The Labute approximate surface area is 159 Å². The highest BCUT2D eigenvalue weighted by atomic mass is 32.2. The number of nitrogens with one attached hydrogen (secondary N) is 1. The summed E-state index contributed by atoms with van der Waals surface area (Å²) in [6.07, 6.45) is 3.56. The summed E-state index contributed by atoms with van der Waals surface area (Å²) in [4.78, 5) is 4.44. The third-order valence-corrected chi connectivity index (χ3v) is 6.52. The molecule has 0 amide bonds. The molecule has 0 radical (unpaired) electrons. The van der Waals surface area contributed by atoms with Gasteiger partial charge in [-0.05, 0) is 40.5 Å². The summed E-state index contributed by atoms with van der Waals surface area (Å²) in [5.41, 5.74) is 4.19. The van der Waals surface area contributed by atoms with Crippen LogP contribution in [-0.4, -0.2) is 17.7 Å². The average molecular weight is 379 g/mol. The molecule has 0 fully saturated rings. The normalized spacial score (nSPS) is 14.2. The Morgan fingerprint density at radius 3 is 2.30 bits per heavy atom. The minimum Gasteiger partial charge on any atom is -0.309 e. The second-order valence-corrected chi connectivity index (χ2v) is 8.59. The maximum absolute atomic E-state index is 13.0. The van der Waals surface area contributed by atoms with Gasteiger partial charge in [0.25, 0.3) is 0 Å². The molecule has 0 saturated heterocycles. The smallest absolute Gasteiger partial charge is 0.243 e. The Bertz CT molecular complexity index is 1010. The second-order valence-electron chi connectivity index (χ2n) is 6.65. The van der Waals surface area contributed by atoms with Gasteiger partial charge in [0.1, 0.15) is 0 Å². The van der Waals surface area contributed by atoms with Crippen molar-refractivity contribution >= 4 is 10.0 Å². The number of nitrogens with zero attached hydrogens (tertiary/aromatic N) is 2. The molecule has 3 aromatic rings. The van der Waals surface area contributed by atoms with E-state index in [9.17, 15) is 8.42 Å². The number of hydrogen-bond donors (Lipinski definition) is 1. The number of pyridine rings is 1. The summed E-state index contributed by atoms with van der Waals surface area (Å²) in [6.45, 7) is 2.15. The molecule has 0 bridgehead atoms. The largest absolute Gasteiger partial charge is 0.309 e. The summed E-state index contributed by atoms with van der Waals surface area (Å²) >= 11 is 0. The van der Waals surface area contributed by atoms with Gasteiger partial charge in [0, 0.05) is 38.6 Å². The van der Waals surface area contributed by atoms with Crippen molar-refractivity contribution in [2.24, 2.45) is 0 Å². The average Bonchev–Trinajstić information content (AvgIpc) is 3.14. The van der Waals surface area contributed by atoms with Gasteiger partial charge < -0.3 is 5.32 Å². The number of rotatable bonds is 6. The van der Waals surface area contributed by atoms with E-state index in [1.807, 2.05) is 48.7 Å². The summed E-state index contributed by atoms with van der Waals surface area (Å²) < 4.78 is 27.6. The van der Waals surface area contributed by atoms with E-state index >= 15 is 0 Å². The highest BCUT2D eigenvalue weighted by Gasteiger charge is 2.30. The van der Waals surface area contributed by atoms with Gasteiger partial charge in [-0.25, -0.2) is 8.42 Å². The maximum atomic E-state index is 13.0. The fourth-order valence-electron chi connectivity index (χ4n) is 3.29. The predicted octanol–water partition coefficient (Wildman–Crippen LogP) is 3.08. The summed E-state index contributed by atoms with van der Waals surface area (Å²) in [7, 11) is -3.51. The third kappa shape index (κ3) is 3.93. The van der Waals surface area contributed by atoms with Crippen LogP contribution in [0.25, 0.3) is 0 Å². The lowest BCUT2D eigenvalue weighted by Gasteiger charge is -2.16. The van der Waals surface area contributed by atoms with Crippen molar-refractivity contribution in [3.8, 4) is 0 Å². The number of fused-ring (bicyclic) bond motifs is 1. The summed E-state index contributed by atoms with van der Waals surface area (Å²) in [5, 5.41) is 3.33. The molecule has 4 rings (SSSR count). The lowest BCUT2D eigenvalue weighted by atomic mass is 10.1. The summed E-state index contributed by atoms with van der Waals surface area (Å²) in [6, 6.07) is 19.0. The molecule has 1 aliphatic rings. The van der Waals surface area contributed by atoms with Crippen LogP contribution in [0.3, 0.4) is 0 Å². The molecule has 0 saturated carbocycles. The number of sulfonamides is 1. The van der Waals surface area contributed by atoms with E-state index in [1.54, 1.807) is 28.7 Å². The van der Waals surface area contributed by atoms with Gasteiger partial charge in [0.2, 0.25) is 10.0 Å². The molecule has 1 N–H and O–H groups in total. The first kappa shape index (κ1) is 17.9. The van der Waals surface area contributed by atoms with Crippen LogP contribution in [0.5, 0.6) is 0 Å². The van der Waals surface area contributed by atoms with Crippen molar-refractivity contribution in [1.29, 1.82) is 0 Å². The Balaban J connectivity index is 1.45. The molecular weight excluding hydrogens is 358 g/mol. The molecule has 27 heavy (non-hydrogen) atoms. The molecule has 2 aromatic carbocycles. The zero-order valence-electron chi connectivity index (χ0n) is 14.9. The van der Waals surface area contributed by atoms with Gasteiger partial charge in [0.15, 0.2) is 0 Å². The second kappa shape index (κ2) is 7.60. The van der Waals surface area contributed by atoms with E-state index in [2.05, 4.69) is 10.3 Å². The van der Waals surface area contributed by atoms with Gasteiger partial charge in [-0.3, -0.25) is 4.98 Å². The lowest BCUT2D eigenvalue weighted by molar-refractivity contribution is 0.431. The highest BCUT2D eigenvalue weighted by molar-refractivity contribution is 7.89. The Morgan fingerprint density at radius 2 is 1.59 bits per heavy atom. The van der Waals surface area contributed by atoms with Crippen molar-refractivity contribution < 1.29 is 8.42 Å². The fourth-order valence-corrected chi connectivity index (χ4v) is 4.76. The number of benzene rings is 2.